The fraction of sp³-hybridized carbons (Fsp3) is 0.750. The molecule has 0 aliphatic rings. The van der Waals surface area contributed by atoms with Crippen LogP contribution in [0.15, 0.2) is 0 Å². The largest absolute Gasteiger partial charge is 0.633 e. The minimum absolute atomic E-state index is 0.596. The molecule has 0 radical (unpaired) electrons. The van der Waals surface area contributed by atoms with E-state index in [9.17, 15) is 14.6 Å². The van der Waals surface area contributed by atoms with E-state index in [0.29, 0.717) is 0 Å². The highest BCUT2D eigenvalue weighted by Crippen LogP contribution is 2.30. The lowest BCUT2D eigenvalue weighted by Crippen LogP contribution is -3.08. The van der Waals surface area contributed by atoms with Crippen molar-refractivity contribution in [2.75, 3.05) is 19.9 Å². The minimum Gasteiger partial charge on any atom is -0.633 e. The molecule has 0 rings (SSSR count). The number of carbonyl (C=O) groups excluding carboxylic acids is 1. The van der Waals surface area contributed by atoms with Crippen LogP contribution in [0.1, 0.15) is 0 Å². The van der Waals surface area contributed by atoms with Crippen molar-refractivity contribution in [2.45, 2.75) is 0 Å². The number of nitrogens with one attached hydrogen (secondary N) is 1. The maximum Gasteiger partial charge on any atom is 0.379 e. The van der Waals surface area contributed by atoms with Crippen molar-refractivity contribution < 1.29 is 28.9 Å². The summed E-state index contributed by atoms with van der Waals surface area (Å²) in [5.41, 5.74) is 0. The van der Waals surface area contributed by atoms with E-state index in [4.69, 9.17) is 9.79 Å². The van der Waals surface area contributed by atoms with Crippen LogP contribution in [0, 0.1) is 5.21 Å². The zero-order chi connectivity index (χ0) is 9.78. The van der Waals surface area contributed by atoms with Crippen molar-refractivity contribution in [2.24, 2.45) is 0 Å². The second-order valence-corrected chi connectivity index (χ2v) is 3.76. The lowest BCUT2D eigenvalue weighted by Gasteiger charge is -2.20. The number of methoxy groups -OCH3 is 1. The Balaban J connectivity index is 3.82. The first-order valence-electron chi connectivity index (χ1n) is 2.98. The van der Waals surface area contributed by atoms with E-state index in [0.717, 1.165) is 7.11 Å². The summed E-state index contributed by atoms with van der Waals surface area (Å²) in [5.74, 6) is -0.798. The van der Waals surface area contributed by atoms with Crippen LogP contribution in [0.2, 0.25) is 0 Å². The molecule has 0 aromatic rings. The minimum atomic E-state index is -4.35. The summed E-state index contributed by atoms with van der Waals surface area (Å²) in [5, 5.41) is 9.81. The molecule has 0 aliphatic heterocycles. The summed E-state index contributed by atoms with van der Waals surface area (Å²) in [7, 11) is -3.26. The van der Waals surface area contributed by atoms with Gasteiger partial charge in [-0.05, 0) is 0 Å². The average molecular weight is 199 g/mol. The Morgan fingerprint density at radius 3 is 2.50 bits per heavy atom. The summed E-state index contributed by atoms with van der Waals surface area (Å²) in [6, 6.07) is 0. The van der Waals surface area contributed by atoms with Gasteiger partial charge >= 0.3 is 13.6 Å². The molecule has 0 aromatic heterocycles. The van der Waals surface area contributed by atoms with Crippen molar-refractivity contribution in [1.29, 1.82) is 0 Å². The Morgan fingerprint density at radius 1 is 1.67 bits per heavy atom. The molecule has 7 nitrogen and oxygen atoms in total. The molecule has 0 saturated carbocycles. The van der Waals surface area contributed by atoms with E-state index in [-0.39, 0.29) is 0 Å². The maximum absolute atomic E-state index is 10.6. The third kappa shape index (κ3) is 6.26. The molecule has 0 spiro atoms. The normalized spacial score (nSPS) is 14.0. The first-order valence-corrected chi connectivity index (χ1v) is 4.78. The number of rotatable bonds is 4. The second kappa shape index (κ2) is 4.54. The van der Waals surface area contributed by atoms with Crippen molar-refractivity contribution in [3.8, 4) is 0 Å². The van der Waals surface area contributed by atoms with Gasteiger partial charge < -0.3 is 24.8 Å². The predicted molar refractivity (Wildman–Crippen MR) is 38.1 cm³/mol. The molecule has 12 heavy (non-hydrogen) atoms. The maximum atomic E-state index is 10.6. The van der Waals surface area contributed by atoms with E-state index in [1.54, 1.807) is 0 Å². The fourth-order valence-corrected chi connectivity index (χ4v) is 1.09. The molecule has 1 unspecified atom stereocenters. The zero-order valence-electron chi connectivity index (χ0n) is 6.39. The van der Waals surface area contributed by atoms with Gasteiger partial charge in [-0.1, -0.05) is 0 Å². The highest BCUT2D eigenvalue weighted by atomic mass is 31.2. The molecule has 0 heterocycles. The molecule has 3 N–H and O–H groups in total. The Labute approximate surface area is 68.7 Å². The van der Waals surface area contributed by atoms with Crippen molar-refractivity contribution in [3.05, 3.63) is 5.21 Å². The number of ether oxygens (including phenoxy) is 1. The molecule has 0 aliphatic carbocycles. The standard InChI is InChI=1S/C4H10NO6P/c1-11-4(6)2-5(7)3-12(8,9)10/h5H,2-3H2,1H3,(H2,8,9,10). The van der Waals surface area contributed by atoms with Gasteiger partial charge in [0.15, 0.2) is 12.8 Å². The molecule has 0 aromatic carbocycles. The molecule has 1 atom stereocenters. The van der Waals surface area contributed by atoms with Crippen LogP contribution >= 0.6 is 7.60 Å². The molecular weight excluding hydrogens is 189 g/mol. The number of esters is 1. The summed E-state index contributed by atoms with van der Waals surface area (Å²) < 4.78 is 14.4. The lowest BCUT2D eigenvalue weighted by atomic mass is 10.6. The first-order chi connectivity index (χ1) is 5.35. The molecule has 0 bridgehead atoms. The number of hydrogen-bond acceptors (Lipinski definition) is 4. The smallest absolute Gasteiger partial charge is 0.379 e. The number of quaternary nitrogens is 1. The summed E-state index contributed by atoms with van der Waals surface area (Å²) in [4.78, 5) is 27.0. The van der Waals surface area contributed by atoms with E-state index < -0.39 is 31.5 Å². The quantitative estimate of drug-likeness (QED) is 0.266. The number of hydrogen-bond donors (Lipinski definition) is 3. The van der Waals surface area contributed by atoms with E-state index >= 15 is 0 Å². The van der Waals surface area contributed by atoms with Gasteiger partial charge in [0.05, 0.1) is 7.11 Å². The first kappa shape index (κ1) is 11.5. The average Bonchev–Trinajstić information content (AvgIpc) is 1.82. The Hall–Kier alpha value is -0.460. The molecule has 0 amide bonds. The summed E-state index contributed by atoms with van der Waals surface area (Å²) in [6.45, 7) is -0.596. The molecule has 72 valence electrons. The van der Waals surface area contributed by atoms with Crippen LogP contribution in [0.4, 0.5) is 0 Å². The molecule has 0 saturated heterocycles. The Bertz CT molecular complexity index is 200. The van der Waals surface area contributed by atoms with Crippen LogP contribution in [0.3, 0.4) is 0 Å². The highest BCUT2D eigenvalue weighted by molar-refractivity contribution is 7.51. The monoisotopic (exact) mass is 199 g/mol. The van der Waals surface area contributed by atoms with Gasteiger partial charge in [0.25, 0.3) is 0 Å². The third-order valence-electron chi connectivity index (χ3n) is 0.952. The van der Waals surface area contributed by atoms with E-state index in [2.05, 4.69) is 4.74 Å². The topological polar surface area (TPSA) is 111 Å². The number of hydroxylamine groups is 2. The SMILES string of the molecule is COC(=O)C[NH+]([O-])CP(=O)(O)O. The van der Waals surface area contributed by atoms with Gasteiger partial charge in [-0.15, -0.1) is 0 Å². The van der Waals surface area contributed by atoms with Gasteiger partial charge in [0.1, 0.15) is 0 Å². The lowest BCUT2D eigenvalue weighted by molar-refractivity contribution is -0.828. The van der Waals surface area contributed by atoms with Gasteiger partial charge in [-0.3, -0.25) is 4.57 Å². The van der Waals surface area contributed by atoms with Crippen molar-refractivity contribution in [1.82, 2.24) is 0 Å². The molecule has 0 fully saturated rings. The van der Waals surface area contributed by atoms with Crippen LogP contribution in [0.25, 0.3) is 0 Å². The van der Waals surface area contributed by atoms with E-state index in [1.807, 2.05) is 0 Å². The van der Waals surface area contributed by atoms with Gasteiger partial charge in [-0.25, -0.2) is 4.79 Å². The Morgan fingerprint density at radius 2 is 2.17 bits per heavy atom. The third-order valence-corrected chi connectivity index (χ3v) is 1.72. The predicted octanol–water partition coefficient (Wildman–Crippen LogP) is -2.32. The van der Waals surface area contributed by atoms with Crippen molar-refractivity contribution in [3.63, 3.8) is 0 Å². The summed E-state index contributed by atoms with van der Waals surface area (Å²) >= 11 is 0. The molecular formula is C4H10NO6P. The van der Waals surface area contributed by atoms with Gasteiger partial charge in [0.2, 0.25) is 0 Å². The fourth-order valence-electron chi connectivity index (χ4n) is 0.519. The van der Waals surface area contributed by atoms with Gasteiger partial charge in [0, 0.05) is 0 Å². The highest BCUT2D eigenvalue weighted by Gasteiger charge is 2.19. The van der Waals surface area contributed by atoms with Crippen LogP contribution in [-0.4, -0.2) is 35.7 Å². The van der Waals surface area contributed by atoms with Crippen molar-refractivity contribution >= 4 is 13.6 Å². The van der Waals surface area contributed by atoms with Gasteiger partial charge in [-0.2, -0.15) is 0 Å². The molecule has 8 heteroatoms. The van der Waals surface area contributed by atoms with Crippen LogP contribution < -0.4 is 5.06 Å². The Kier molecular flexibility index (Phi) is 4.36. The zero-order valence-corrected chi connectivity index (χ0v) is 7.28. The van der Waals surface area contributed by atoms with Crippen LogP contribution in [0.5, 0.6) is 0 Å². The number of carbonyl (C=O) groups is 1. The van der Waals surface area contributed by atoms with E-state index in [1.165, 1.54) is 0 Å². The van der Waals surface area contributed by atoms with Crippen LogP contribution in [-0.2, 0) is 14.1 Å². The summed E-state index contributed by atoms with van der Waals surface area (Å²) in [6.07, 6.45) is -0.915. The second-order valence-electron chi connectivity index (χ2n) is 2.11.